The van der Waals surface area contributed by atoms with Crippen LogP contribution in [0.15, 0.2) is 24.3 Å². The molecular weight excluding hydrogens is 304 g/mol. The lowest BCUT2D eigenvalue weighted by molar-refractivity contribution is -0.0250. The predicted molar refractivity (Wildman–Crippen MR) is 94.2 cm³/mol. The second-order valence-electron chi connectivity index (χ2n) is 7.31. The van der Waals surface area contributed by atoms with E-state index in [4.69, 9.17) is 4.74 Å². The third kappa shape index (κ3) is 5.06. The molecule has 0 unspecified atom stereocenters. The van der Waals surface area contributed by atoms with Crippen molar-refractivity contribution in [2.75, 3.05) is 19.7 Å². The zero-order valence-electron chi connectivity index (χ0n) is 15.1. The molecule has 1 aromatic carbocycles. The molecule has 24 heavy (non-hydrogen) atoms. The highest BCUT2D eigenvalue weighted by Gasteiger charge is 2.24. The maximum Gasteiger partial charge on any atom is 0.254 e. The van der Waals surface area contributed by atoms with Crippen molar-refractivity contribution < 1.29 is 14.3 Å². The van der Waals surface area contributed by atoms with E-state index in [0.29, 0.717) is 30.8 Å². The van der Waals surface area contributed by atoms with Crippen LogP contribution in [0, 0.1) is 0 Å². The standard InChI is InChI=1S/C19H28N2O3/c1-5-6-16-13-21(11-12-24-16)18(23)15-9-7-14(8-10-15)17(22)20-19(2,3)4/h7-10,16H,5-6,11-13H2,1-4H3,(H,20,22)/t16-/m1/s1. The number of rotatable bonds is 4. The molecule has 1 saturated heterocycles. The van der Waals surface area contributed by atoms with Gasteiger partial charge in [0.05, 0.1) is 12.7 Å². The first-order valence-corrected chi connectivity index (χ1v) is 8.63. The Hall–Kier alpha value is -1.88. The van der Waals surface area contributed by atoms with Crippen molar-refractivity contribution in [3.8, 4) is 0 Å². The van der Waals surface area contributed by atoms with Gasteiger partial charge in [-0.15, -0.1) is 0 Å². The van der Waals surface area contributed by atoms with Gasteiger partial charge in [0.25, 0.3) is 11.8 Å². The van der Waals surface area contributed by atoms with E-state index in [1.165, 1.54) is 0 Å². The fourth-order valence-electron chi connectivity index (χ4n) is 2.76. The van der Waals surface area contributed by atoms with Gasteiger partial charge in [0.1, 0.15) is 0 Å². The molecule has 1 N–H and O–H groups in total. The van der Waals surface area contributed by atoms with Crippen molar-refractivity contribution in [2.45, 2.75) is 52.2 Å². The second-order valence-corrected chi connectivity index (χ2v) is 7.31. The number of hydrogen-bond donors (Lipinski definition) is 1. The highest BCUT2D eigenvalue weighted by molar-refractivity contribution is 5.98. The largest absolute Gasteiger partial charge is 0.375 e. The Morgan fingerprint density at radius 1 is 1.21 bits per heavy atom. The quantitative estimate of drug-likeness (QED) is 0.922. The Bertz CT molecular complexity index is 573. The van der Waals surface area contributed by atoms with E-state index in [2.05, 4.69) is 12.2 Å². The van der Waals surface area contributed by atoms with Crippen LogP contribution in [0.4, 0.5) is 0 Å². The van der Waals surface area contributed by atoms with E-state index in [9.17, 15) is 9.59 Å². The average Bonchev–Trinajstić information content (AvgIpc) is 2.53. The number of nitrogens with one attached hydrogen (secondary N) is 1. The number of ether oxygens (including phenoxy) is 1. The average molecular weight is 332 g/mol. The van der Waals surface area contributed by atoms with Crippen LogP contribution >= 0.6 is 0 Å². The van der Waals surface area contributed by atoms with Gasteiger partial charge >= 0.3 is 0 Å². The molecule has 1 fully saturated rings. The van der Waals surface area contributed by atoms with Gasteiger partial charge < -0.3 is 15.0 Å². The molecule has 1 heterocycles. The van der Waals surface area contributed by atoms with Crippen LogP contribution in [0.25, 0.3) is 0 Å². The Labute approximate surface area is 144 Å². The van der Waals surface area contributed by atoms with E-state index < -0.39 is 0 Å². The summed E-state index contributed by atoms with van der Waals surface area (Å²) < 4.78 is 5.68. The summed E-state index contributed by atoms with van der Waals surface area (Å²) in [5.41, 5.74) is 0.889. The summed E-state index contributed by atoms with van der Waals surface area (Å²) in [5.74, 6) is -0.127. The fraction of sp³-hybridized carbons (Fsp3) is 0.579. The maximum atomic E-state index is 12.6. The third-order valence-corrected chi connectivity index (χ3v) is 3.92. The molecule has 0 spiro atoms. The summed E-state index contributed by atoms with van der Waals surface area (Å²) >= 11 is 0. The molecule has 2 amide bonds. The summed E-state index contributed by atoms with van der Waals surface area (Å²) in [5, 5.41) is 2.92. The number of morpholine rings is 1. The maximum absolute atomic E-state index is 12.6. The Morgan fingerprint density at radius 3 is 2.42 bits per heavy atom. The lowest BCUT2D eigenvalue weighted by Gasteiger charge is -2.33. The van der Waals surface area contributed by atoms with Crippen molar-refractivity contribution in [1.29, 1.82) is 0 Å². The summed E-state index contributed by atoms with van der Waals surface area (Å²) in [7, 11) is 0. The zero-order chi connectivity index (χ0) is 17.7. The molecule has 0 aromatic heterocycles. The van der Waals surface area contributed by atoms with Crippen LogP contribution in [0.1, 0.15) is 61.3 Å². The number of nitrogens with zero attached hydrogens (tertiary/aromatic N) is 1. The summed E-state index contributed by atoms with van der Waals surface area (Å²) in [6.45, 7) is 9.77. The molecule has 1 aliphatic heterocycles. The first-order valence-electron chi connectivity index (χ1n) is 8.63. The zero-order valence-corrected chi connectivity index (χ0v) is 15.1. The van der Waals surface area contributed by atoms with Crippen molar-refractivity contribution in [3.05, 3.63) is 35.4 Å². The summed E-state index contributed by atoms with van der Waals surface area (Å²) in [6, 6.07) is 6.87. The molecule has 2 rings (SSSR count). The minimum Gasteiger partial charge on any atom is -0.375 e. The summed E-state index contributed by atoms with van der Waals surface area (Å²) in [6.07, 6.45) is 2.14. The first-order chi connectivity index (χ1) is 11.3. The minimum absolute atomic E-state index is 0.00202. The lowest BCUT2D eigenvalue weighted by Crippen LogP contribution is -2.45. The molecule has 0 saturated carbocycles. The number of carbonyl (C=O) groups is 2. The number of benzene rings is 1. The molecule has 0 aliphatic carbocycles. The van der Waals surface area contributed by atoms with Gasteiger partial charge in [-0.25, -0.2) is 0 Å². The third-order valence-electron chi connectivity index (χ3n) is 3.92. The molecular formula is C19H28N2O3. The van der Waals surface area contributed by atoms with Gasteiger partial charge in [0, 0.05) is 29.8 Å². The molecule has 5 heteroatoms. The van der Waals surface area contributed by atoms with Gasteiger partial charge in [-0.05, 0) is 51.5 Å². The highest BCUT2D eigenvalue weighted by Crippen LogP contribution is 2.15. The fourth-order valence-corrected chi connectivity index (χ4v) is 2.76. The SMILES string of the molecule is CCC[C@@H]1CN(C(=O)c2ccc(C(=O)NC(C)(C)C)cc2)CCO1. The molecule has 1 atom stereocenters. The molecule has 132 valence electrons. The highest BCUT2D eigenvalue weighted by atomic mass is 16.5. The molecule has 5 nitrogen and oxygen atoms in total. The van der Waals surface area contributed by atoms with Crippen molar-refractivity contribution in [3.63, 3.8) is 0 Å². The Balaban J connectivity index is 2.02. The van der Waals surface area contributed by atoms with Crippen LogP contribution in [-0.2, 0) is 4.74 Å². The molecule has 0 radical (unpaired) electrons. The van der Waals surface area contributed by atoms with Crippen LogP contribution in [0.2, 0.25) is 0 Å². The second kappa shape index (κ2) is 7.79. The van der Waals surface area contributed by atoms with E-state index in [-0.39, 0.29) is 23.5 Å². The Morgan fingerprint density at radius 2 is 1.83 bits per heavy atom. The van der Waals surface area contributed by atoms with E-state index in [1.54, 1.807) is 24.3 Å². The van der Waals surface area contributed by atoms with Gasteiger partial charge in [0.2, 0.25) is 0 Å². The van der Waals surface area contributed by atoms with Gasteiger partial charge in [-0.1, -0.05) is 13.3 Å². The van der Waals surface area contributed by atoms with Gasteiger partial charge in [-0.2, -0.15) is 0 Å². The van der Waals surface area contributed by atoms with Crippen LogP contribution in [0.5, 0.6) is 0 Å². The Kier molecular flexibility index (Phi) is 5.99. The van der Waals surface area contributed by atoms with Crippen LogP contribution in [0.3, 0.4) is 0 Å². The van der Waals surface area contributed by atoms with E-state index in [0.717, 1.165) is 12.8 Å². The molecule has 1 aliphatic rings. The molecule has 1 aromatic rings. The smallest absolute Gasteiger partial charge is 0.254 e. The normalized spacial score (nSPS) is 18.3. The first kappa shape index (κ1) is 18.5. The number of hydrogen-bond acceptors (Lipinski definition) is 3. The minimum atomic E-state index is -0.284. The van der Waals surface area contributed by atoms with Gasteiger partial charge in [0.15, 0.2) is 0 Å². The predicted octanol–water partition coefficient (Wildman–Crippen LogP) is 2.86. The van der Waals surface area contributed by atoms with Crippen LogP contribution in [-0.4, -0.2) is 48.1 Å². The van der Waals surface area contributed by atoms with Crippen LogP contribution < -0.4 is 5.32 Å². The van der Waals surface area contributed by atoms with Crippen molar-refractivity contribution in [1.82, 2.24) is 10.2 Å². The number of carbonyl (C=O) groups excluding carboxylic acids is 2. The monoisotopic (exact) mass is 332 g/mol. The lowest BCUT2D eigenvalue weighted by atomic mass is 10.1. The number of amides is 2. The molecule has 0 bridgehead atoms. The van der Waals surface area contributed by atoms with Crippen molar-refractivity contribution >= 4 is 11.8 Å². The van der Waals surface area contributed by atoms with E-state index >= 15 is 0 Å². The van der Waals surface area contributed by atoms with Crippen molar-refractivity contribution in [2.24, 2.45) is 0 Å². The summed E-state index contributed by atoms with van der Waals surface area (Å²) in [4.78, 5) is 26.6. The van der Waals surface area contributed by atoms with E-state index in [1.807, 2.05) is 25.7 Å². The topological polar surface area (TPSA) is 58.6 Å². The van der Waals surface area contributed by atoms with Gasteiger partial charge in [-0.3, -0.25) is 9.59 Å².